The largest absolute Gasteiger partial charge is 0.311 e. The van der Waals surface area contributed by atoms with E-state index in [2.05, 4.69) is 5.32 Å². The minimum absolute atomic E-state index is 0.111. The minimum atomic E-state index is 0.111. The Morgan fingerprint density at radius 2 is 2.27 bits per heavy atom. The Bertz CT molecular complexity index is 140. The summed E-state index contributed by atoms with van der Waals surface area (Å²) >= 11 is 0. The van der Waals surface area contributed by atoms with Crippen molar-refractivity contribution in [1.82, 2.24) is 5.32 Å². The topological polar surface area (TPSA) is 29.1 Å². The van der Waals surface area contributed by atoms with E-state index in [1.807, 2.05) is 7.05 Å². The molecular formula is C9H17NO. The van der Waals surface area contributed by atoms with Gasteiger partial charge in [0.15, 0.2) is 0 Å². The quantitative estimate of drug-likeness (QED) is 0.664. The third kappa shape index (κ3) is 2.29. The fourth-order valence-corrected chi connectivity index (χ4v) is 1.55. The molecule has 0 spiro atoms. The Hall–Kier alpha value is -0.370. The summed E-state index contributed by atoms with van der Waals surface area (Å²) in [5.74, 6) is 1.09. The smallest absolute Gasteiger partial charge is 0.146 e. The predicted molar refractivity (Wildman–Crippen MR) is 45.5 cm³/mol. The van der Waals surface area contributed by atoms with Crippen molar-refractivity contribution in [2.24, 2.45) is 5.92 Å². The van der Waals surface area contributed by atoms with E-state index in [1.54, 1.807) is 6.92 Å². The van der Waals surface area contributed by atoms with E-state index in [9.17, 15) is 4.79 Å². The van der Waals surface area contributed by atoms with E-state index in [1.165, 1.54) is 19.3 Å². The normalized spacial score (nSPS) is 20.9. The van der Waals surface area contributed by atoms with Crippen LogP contribution in [0, 0.1) is 5.92 Å². The standard InChI is InChI=1S/C9H17NO/c1-7(11)9(10-2)6-8-4-3-5-8/h8-10H,3-6H2,1-2H3. The van der Waals surface area contributed by atoms with Gasteiger partial charge in [0.1, 0.15) is 5.78 Å². The zero-order valence-corrected chi connectivity index (χ0v) is 7.39. The van der Waals surface area contributed by atoms with Gasteiger partial charge in [-0.25, -0.2) is 0 Å². The van der Waals surface area contributed by atoms with Crippen LogP contribution in [0.2, 0.25) is 0 Å². The molecule has 0 aromatic rings. The van der Waals surface area contributed by atoms with Crippen LogP contribution in [-0.4, -0.2) is 18.9 Å². The molecular weight excluding hydrogens is 138 g/mol. The summed E-state index contributed by atoms with van der Waals surface area (Å²) in [6.07, 6.45) is 5.06. The number of Topliss-reactive ketones (excluding diaryl/α,β-unsaturated/α-hetero) is 1. The molecule has 0 aromatic carbocycles. The molecule has 0 radical (unpaired) electrons. The van der Waals surface area contributed by atoms with Crippen LogP contribution < -0.4 is 5.32 Å². The summed E-state index contributed by atoms with van der Waals surface area (Å²) in [7, 11) is 1.87. The summed E-state index contributed by atoms with van der Waals surface area (Å²) in [5.41, 5.74) is 0. The van der Waals surface area contributed by atoms with Gasteiger partial charge in [0.2, 0.25) is 0 Å². The molecule has 0 heterocycles. The second kappa shape index (κ2) is 3.86. The molecule has 1 N–H and O–H groups in total. The van der Waals surface area contributed by atoms with Gasteiger partial charge in [-0.1, -0.05) is 19.3 Å². The number of carbonyl (C=O) groups excluding carboxylic acids is 1. The van der Waals surface area contributed by atoms with Gasteiger partial charge >= 0.3 is 0 Å². The Balaban J connectivity index is 2.24. The molecule has 0 aliphatic heterocycles. The van der Waals surface area contributed by atoms with Crippen LogP contribution in [0.5, 0.6) is 0 Å². The molecule has 1 aliphatic rings. The molecule has 11 heavy (non-hydrogen) atoms. The van der Waals surface area contributed by atoms with Crippen LogP contribution in [0.15, 0.2) is 0 Å². The lowest BCUT2D eigenvalue weighted by Gasteiger charge is -2.28. The number of hydrogen-bond acceptors (Lipinski definition) is 2. The van der Waals surface area contributed by atoms with Crippen LogP contribution >= 0.6 is 0 Å². The molecule has 1 fully saturated rings. The molecule has 64 valence electrons. The number of rotatable bonds is 4. The lowest BCUT2D eigenvalue weighted by atomic mass is 9.80. The molecule has 0 saturated heterocycles. The summed E-state index contributed by atoms with van der Waals surface area (Å²) < 4.78 is 0. The van der Waals surface area contributed by atoms with E-state index in [0.717, 1.165) is 12.3 Å². The second-order valence-corrected chi connectivity index (χ2v) is 3.48. The van der Waals surface area contributed by atoms with Crippen molar-refractivity contribution in [2.75, 3.05) is 7.05 Å². The van der Waals surface area contributed by atoms with E-state index >= 15 is 0 Å². The highest BCUT2D eigenvalue weighted by Crippen LogP contribution is 2.30. The van der Waals surface area contributed by atoms with Gasteiger partial charge in [0.05, 0.1) is 6.04 Å². The average molecular weight is 155 g/mol. The van der Waals surface area contributed by atoms with E-state index in [0.29, 0.717) is 0 Å². The van der Waals surface area contributed by atoms with Crippen molar-refractivity contribution in [3.63, 3.8) is 0 Å². The number of hydrogen-bond donors (Lipinski definition) is 1. The predicted octanol–water partition coefficient (Wildman–Crippen LogP) is 1.35. The van der Waals surface area contributed by atoms with Gasteiger partial charge in [0.25, 0.3) is 0 Å². The van der Waals surface area contributed by atoms with Crippen LogP contribution in [-0.2, 0) is 4.79 Å². The minimum Gasteiger partial charge on any atom is -0.311 e. The van der Waals surface area contributed by atoms with Gasteiger partial charge in [0, 0.05) is 0 Å². The molecule has 1 unspecified atom stereocenters. The Morgan fingerprint density at radius 1 is 1.64 bits per heavy atom. The first-order chi connectivity index (χ1) is 5.24. The maximum Gasteiger partial charge on any atom is 0.146 e. The fraction of sp³-hybridized carbons (Fsp3) is 0.889. The van der Waals surface area contributed by atoms with Crippen molar-refractivity contribution in [1.29, 1.82) is 0 Å². The molecule has 1 rings (SSSR count). The summed E-state index contributed by atoms with van der Waals surface area (Å²) in [6, 6.07) is 0.111. The molecule has 2 heteroatoms. The van der Waals surface area contributed by atoms with Crippen molar-refractivity contribution >= 4 is 5.78 Å². The zero-order chi connectivity index (χ0) is 8.27. The highest BCUT2D eigenvalue weighted by Gasteiger charge is 2.23. The van der Waals surface area contributed by atoms with Crippen molar-refractivity contribution in [3.05, 3.63) is 0 Å². The number of ketones is 1. The highest BCUT2D eigenvalue weighted by molar-refractivity contribution is 5.81. The summed E-state index contributed by atoms with van der Waals surface area (Å²) in [4.78, 5) is 11.0. The van der Waals surface area contributed by atoms with Crippen LogP contribution in [0.4, 0.5) is 0 Å². The van der Waals surface area contributed by atoms with E-state index in [-0.39, 0.29) is 11.8 Å². The van der Waals surface area contributed by atoms with Crippen LogP contribution in [0.3, 0.4) is 0 Å². The van der Waals surface area contributed by atoms with Gasteiger partial charge in [-0.15, -0.1) is 0 Å². The third-order valence-corrected chi connectivity index (χ3v) is 2.63. The van der Waals surface area contributed by atoms with Crippen molar-refractivity contribution in [3.8, 4) is 0 Å². The first-order valence-electron chi connectivity index (χ1n) is 4.41. The Morgan fingerprint density at radius 3 is 2.55 bits per heavy atom. The summed E-state index contributed by atoms with van der Waals surface area (Å²) in [5, 5.41) is 3.05. The van der Waals surface area contributed by atoms with Crippen LogP contribution in [0.1, 0.15) is 32.6 Å². The lowest BCUT2D eigenvalue weighted by molar-refractivity contribution is -0.119. The fourth-order valence-electron chi connectivity index (χ4n) is 1.55. The molecule has 0 amide bonds. The van der Waals surface area contributed by atoms with Crippen molar-refractivity contribution in [2.45, 2.75) is 38.6 Å². The van der Waals surface area contributed by atoms with E-state index < -0.39 is 0 Å². The summed E-state index contributed by atoms with van der Waals surface area (Å²) in [6.45, 7) is 1.67. The molecule has 1 atom stereocenters. The van der Waals surface area contributed by atoms with Gasteiger partial charge < -0.3 is 5.32 Å². The number of nitrogens with one attached hydrogen (secondary N) is 1. The number of carbonyl (C=O) groups is 1. The Kier molecular flexibility index (Phi) is 3.06. The van der Waals surface area contributed by atoms with Gasteiger partial charge in [-0.05, 0) is 26.3 Å². The molecule has 0 bridgehead atoms. The average Bonchev–Trinajstić information content (AvgIpc) is 1.85. The zero-order valence-electron chi connectivity index (χ0n) is 7.39. The number of likely N-dealkylation sites (N-methyl/N-ethyl adjacent to an activating group) is 1. The maximum absolute atomic E-state index is 11.0. The maximum atomic E-state index is 11.0. The van der Waals surface area contributed by atoms with Crippen molar-refractivity contribution < 1.29 is 4.79 Å². The molecule has 1 aliphatic carbocycles. The molecule has 1 saturated carbocycles. The highest BCUT2D eigenvalue weighted by atomic mass is 16.1. The molecule has 2 nitrogen and oxygen atoms in total. The first-order valence-corrected chi connectivity index (χ1v) is 4.41. The Labute approximate surface area is 68.4 Å². The van der Waals surface area contributed by atoms with Crippen LogP contribution in [0.25, 0.3) is 0 Å². The third-order valence-electron chi connectivity index (χ3n) is 2.63. The van der Waals surface area contributed by atoms with Gasteiger partial charge in [-0.3, -0.25) is 4.79 Å². The SMILES string of the molecule is CNC(CC1CCC1)C(C)=O. The van der Waals surface area contributed by atoms with Gasteiger partial charge in [-0.2, -0.15) is 0 Å². The second-order valence-electron chi connectivity index (χ2n) is 3.48. The molecule has 0 aromatic heterocycles. The lowest BCUT2D eigenvalue weighted by Crippen LogP contribution is -2.35. The van der Waals surface area contributed by atoms with E-state index in [4.69, 9.17) is 0 Å². The monoisotopic (exact) mass is 155 g/mol. The first kappa shape index (κ1) is 8.72.